The number of anilines is 1. The van der Waals surface area contributed by atoms with Gasteiger partial charge in [0.2, 0.25) is 0 Å². The third-order valence-electron chi connectivity index (χ3n) is 3.75. The molecule has 0 bridgehead atoms. The van der Waals surface area contributed by atoms with E-state index in [0.717, 1.165) is 10.8 Å². The van der Waals surface area contributed by atoms with Crippen LogP contribution in [0.4, 0.5) is 5.69 Å². The number of hydrogen-bond donors (Lipinski definition) is 1. The lowest BCUT2D eigenvalue weighted by Crippen LogP contribution is -2.14. The van der Waals surface area contributed by atoms with Crippen molar-refractivity contribution in [3.8, 4) is 11.5 Å². The maximum atomic E-state index is 12.9. The van der Waals surface area contributed by atoms with Crippen molar-refractivity contribution < 1.29 is 14.3 Å². The Morgan fingerprint density at radius 1 is 1.04 bits per heavy atom. The van der Waals surface area contributed by atoms with E-state index in [1.54, 1.807) is 13.2 Å². The lowest BCUT2D eigenvalue weighted by molar-refractivity contribution is 0.102. The topological polar surface area (TPSA) is 47.6 Å². The van der Waals surface area contributed by atoms with Crippen LogP contribution in [0, 0.1) is 0 Å². The SMILES string of the molecule is CCOc1ccc2ccccc2c1C(=O)Nc1cccc(OC)c1. The molecule has 4 heteroatoms. The number of hydrogen-bond acceptors (Lipinski definition) is 3. The molecule has 3 rings (SSSR count). The Kier molecular flexibility index (Phi) is 4.66. The number of carbonyl (C=O) groups is 1. The van der Waals surface area contributed by atoms with Gasteiger partial charge in [0.15, 0.2) is 0 Å². The predicted octanol–water partition coefficient (Wildman–Crippen LogP) is 4.50. The van der Waals surface area contributed by atoms with E-state index in [9.17, 15) is 4.79 Å². The molecule has 0 heterocycles. The Hall–Kier alpha value is -3.01. The highest BCUT2D eigenvalue weighted by Crippen LogP contribution is 2.29. The van der Waals surface area contributed by atoms with E-state index in [1.807, 2.05) is 61.5 Å². The monoisotopic (exact) mass is 321 g/mol. The van der Waals surface area contributed by atoms with Crippen molar-refractivity contribution in [2.45, 2.75) is 6.92 Å². The highest BCUT2D eigenvalue weighted by Gasteiger charge is 2.17. The van der Waals surface area contributed by atoms with E-state index in [-0.39, 0.29) is 5.91 Å². The Morgan fingerprint density at radius 3 is 2.67 bits per heavy atom. The summed E-state index contributed by atoms with van der Waals surface area (Å²) < 4.78 is 10.9. The fraction of sp³-hybridized carbons (Fsp3) is 0.150. The zero-order valence-electron chi connectivity index (χ0n) is 13.7. The second-order valence-electron chi connectivity index (χ2n) is 5.28. The number of fused-ring (bicyclic) bond motifs is 1. The third kappa shape index (κ3) is 3.18. The average molecular weight is 321 g/mol. The summed E-state index contributed by atoms with van der Waals surface area (Å²) in [6.07, 6.45) is 0. The largest absolute Gasteiger partial charge is 0.497 e. The molecule has 24 heavy (non-hydrogen) atoms. The standard InChI is InChI=1S/C20H19NO3/c1-3-24-18-12-11-14-7-4-5-10-17(14)19(18)20(22)21-15-8-6-9-16(13-15)23-2/h4-13H,3H2,1-2H3,(H,21,22). The maximum absolute atomic E-state index is 12.9. The molecule has 0 saturated carbocycles. The van der Waals surface area contributed by atoms with Gasteiger partial charge in [-0.05, 0) is 35.9 Å². The van der Waals surface area contributed by atoms with Gasteiger partial charge in [0.1, 0.15) is 11.5 Å². The summed E-state index contributed by atoms with van der Waals surface area (Å²) >= 11 is 0. The zero-order valence-corrected chi connectivity index (χ0v) is 13.7. The van der Waals surface area contributed by atoms with Gasteiger partial charge in [0, 0.05) is 11.8 Å². The van der Waals surface area contributed by atoms with Crippen molar-refractivity contribution in [1.82, 2.24) is 0 Å². The smallest absolute Gasteiger partial charge is 0.260 e. The molecule has 3 aromatic carbocycles. The van der Waals surface area contributed by atoms with Crippen molar-refractivity contribution in [3.05, 3.63) is 66.2 Å². The minimum atomic E-state index is -0.205. The molecule has 0 atom stereocenters. The van der Waals surface area contributed by atoms with Crippen LogP contribution in [0.5, 0.6) is 11.5 Å². The molecule has 0 radical (unpaired) electrons. The molecule has 0 fully saturated rings. The normalized spacial score (nSPS) is 10.4. The molecular formula is C20H19NO3. The van der Waals surface area contributed by atoms with Gasteiger partial charge in [-0.1, -0.05) is 36.4 Å². The first-order chi connectivity index (χ1) is 11.7. The van der Waals surface area contributed by atoms with Crippen molar-refractivity contribution in [3.63, 3.8) is 0 Å². The summed E-state index contributed by atoms with van der Waals surface area (Å²) in [4.78, 5) is 12.9. The maximum Gasteiger partial charge on any atom is 0.260 e. The number of benzene rings is 3. The predicted molar refractivity (Wildman–Crippen MR) is 96.1 cm³/mol. The lowest BCUT2D eigenvalue weighted by Gasteiger charge is -2.14. The van der Waals surface area contributed by atoms with Gasteiger partial charge in [0.25, 0.3) is 5.91 Å². The first kappa shape index (κ1) is 15.9. The minimum absolute atomic E-state index is 0.205. The summed E-state index contributed by atoms with van der Waals surface area (Å²) in [5.41, 5.74) is 1.22. The summed E-state index contributed by atoms with van der Waals surface area (Å²) in [6.45, 7) is 2.40. The Balaban J connectivity index is 2.02. The molecule has 0 aliphatic rings. The fourth-order valence-corrected chi connectivity index (χ4v) is 2.66. The van der Waals surface area contributed by atoms with Gasteiger partial charge in [0.05, 0.1) is 19.3 Å². The molecule has 3 aromatic rings. The fourth-order valence-electron chi connectivity index (χ4n) is 2.66. The first-order valence-corrected chi connectivity index (χ1v) is 7.83. The minimum Gasteiger partial charge on any atom is -0.497 e. The Morgan fingerprint density at radius 2 is 1.88 bits per heavy atom. The molecule has 122 valence electrons. The Labute approximate surface area is 141 Å². The van der Waals surface area contributed by atoms with Crippen LogP contribution in [-0.4, -0.2) is 19.6 Å². The van der Waals surface area contributed by atoms with Crippen LogP contribution in [0.15, 0.2) is 60.7 Å². The Bertz CT molecular complexity index is 874. The van der Waals surface area contributed by atoms with E-state index in [1.165, 1.54) is 0 Å². The number of ether oxygens (including phenoxy) is 2. The second kappa shape index (κ2) is 7.04. The summed E-state index contributed by atoms with van der Waals surface area (Å²) in [6, 6.07) is 18.9. The molecule has 0 aliphatic heterocycles. The van der Waals surface area contributed by atoms with Crippen molar-refractivity contribution in [2.75, 3.05) is 19.0 Å². The molecule has 0 aromatic heterocycles. The van der Waals surface area contributed by atoms with Gasteiger partial charge in [-0.15, -0.1) is 0 Å². The second-order valence-corrected chi connectivity index (χ2v) is 5.28. The van der Waals surface area contributed by atoms with Gasteiger partial charge in [-0.2, -0.15) is 0 Å². The number of rotatable bonds is 5. The number of amides is 1. The van der Waals surface area contributed by atoms with Crippen molar-refractivity contribution in [2.24, 2.45) is 0 Å². The van der Waals surface area contributed by atoms with Crippen LogP contribution in [0.25, 0.3) is 10.8 Å². The van der Waals surface area contributed by atoms with Crippen LogP contribution in [0.3, 0.4) is 0 Å². The van der Waals surface area contributed by atoms with Crippen LogP contribution in [0.2, 0.25) is 0 Å². The first-order valence-electron chi connectivity index (χ1n) is 7.83. The van der Waals surface area contributed by atoms with Crippen LogP contribution in [-0.2, 0) is 0 Å². The lowest BCUT2D eigenvalue weighted by atomic mass is 10.0. The van der Waals surface area contributed by atoms with E-state index >= 15 is 0 Å². The summed E-state index contributed by atoms with van der Waals surface area (Å²) in [5, 5.41) is 4.79. The summed E-state index contributed by atoms with van der Waals surface area (Å²) in [5.74, 6) is 1.07. The molecule has 1 N–H and O–H groups in total. The molecular weight excluding hydrogens is 302 g/mol. The van der Waals surface area contributed by atoms with Gasteiger partial charge < -0.3 is 14.8 Å². The average Bonchev–Trinajstić information content (AvgIpc) is 2.61. The van der Waals surface area contributed by atoms with Crippen LogP contribution >= 0.6 is 0 Å². The van der Waals surface area contributed by atoms with E-state index in [2.05, 4.69) is 5.32 Å². The quantitative estimate of drug-likeness (QED) is 0.752. The van der Waals surface area contributed by atoms with E-state index in [4.69, 9.17) is 9.47 Å². The highest BCUT2D eigenvalue weighted by molar-refractivity contribution is 6.15. The van der Waals surface area contributed by atoms with Gasteiger partial charge >= 0.3 is 0 Å². The molecule has 0 saturated heterocycles. The van der Waals surface area contributed by atoms with Crippen LogP contribution in [0.1, 0.15) is 17.3 Å². The summed E-state index contributed by atoms with van der Waals surface area (Å²) in [7, 11) is 1.60. The third-order valence-corrected chi connectivity index (χ3v) is 3.75. The molecule has 0 aliphatic carbocycles. The molecule has 0 unspecified atom stereocenters. The molecule has 1 amide bonds. The van der Waals surface area contributed by atoms with Crippen molar-refractivity contribution >= 4 is 22.4 Å². The van der Waals surface area contributed by atoms with Crippen molar-refractivity contribution in [1.29, 1.82) is 0 Å². The number of carbonyl (C=O) groups excluding carboxylic acids is 1. The van der Waals surface area contributed by atoms with Gasteiger partial charge in [-0.3, -0.25) is 4.79 Å². The molecule has 0 spiro atoms. The zero-order chi connectivity index (χ0) is 16.9. The number of methoxy groups -OCH3 is 1. The molecule has 4 nitrogen and oxygen atoms in total. The van der Waals surface area contributed by atoms with Crippen LogP contribution < -0.4 is 14.8 Å². The number of nitrogens with one attached hydrogen (secondary N) is 1. The highest BCUT2D eigenvalue weighted by atomic mass is 16.5. The van der Waals surface area contributed by atoms with E-state index < -0.39 is 0 Å². The van der Waals surface area contributed by atoms with E-state index in [0.29, 0.717) is 29.4 Å². The van der Waals surface area contributed by atoms with Gasteiger partial charge in [-0.25, -0.2) is 0 Å².